The Labute approximate surface area is 283 Å². The van der Waals surface area contributed by atoms with Crippen molar-refractivity contribution in [3.63, 3.8) is 0 Å². The van der Waals surface area contributed by atoms with E-state index in [-0.39, 0.29) is 43.4 Å². The predicted molar refractivity (Wildman–Crippen MR) is 182 cm³/mol. The molecule has 0 bridgehead atoms. The van der Waals surface area contributed by atoms with Gasteiger partial charge in [0.1, 0.15) is 23.9 Å². The number of fused-ring (bicyclic) bond motifs is 1. The van der Waals surface area contributed by atoms with Crippen molar-refractivity contribution in [2.24, 2.45) is 5.92 Å². The number of piperidine rings is 1. The molecule has 1 fully saturated rings. The molecule has 3 atom stereocenters. The van der Waals surface area contributed by atoms with Crippen LogP contribution in [0.15, 0.2) is 54.6 Å². The summed E-state index contributed by atoms with van der Waals surface area (Å²) in [6, 6.07) is 13.0. The molecule has 2 heterocycles. The molecular formula is C36H50N6O6. The fourth-order valence-electron chi connectivity index (χ4n) is 5.93. The van der Waals surface area contributed by atoms with Crippen molar-refractivity contribution in [3.05, 3.63) is 65.7 Å². The Balaban J connectivity index is 1.56. The highest BCUT2D eigenvalue weighted by atomic mass is 16.5. The van der Waals surface area contributed by atoms with E-state index in [4.69, 9.17) is 4.74 Å². The Kier molecular flexibility index (Phi) is 14.2. The van der Waals surface area contributed by atoms with Gasteiger partial charge < -0.3 is 36.2 Å². The van der Waals surface area contributed by atoms with E-state index >= 15 is 0 Å². The largest absolute Gasteiger partial charge is 0.493 e. The lowest BCUT2D eigenvalue weighted by Crippen LogP contribution is -2.56. The van der Waals surface area contributed by atoms with E-state index in [1.807, 2.05) is 44.2 Å². The summed E-state index contributed by atoms with van der Waals surface area (Å²) in [4.78, 5) is 69.7. The molecule has 0 aromatic heterocycles. The van der Waals surface area contributed by atoms with Gasteiger partial charge in [0.05, 0.1) is 18.6 Å². The van der Waals surface area contributed by atoms with Gasteiger partial charge in [-0.25, -0.2) is 0 Å². The standard InChI is InChI=1S/C36H50N6O6/c1-25(2)22-28-36(47)41-29(23-26-12-5-3-6-13-26)34(45)37-16-11-21-48-31-15-8-7-14-27(31)33(44)40-30(24-32(43)39-28)35(46)38-17-20-42-18-9-4-10-19-42/h3,5-8,12-15,25,28-30H,4,9-11,16-24H2,1-2H3,(H,37,45)(H,38,46)(H,39,43)(H,40,44)(H,41,47)/t28-,29+,30+/m1/s1. The maximum absolute atomic E-state index is 13.7. The number of para-hydroxylation sites is 1. The summed E-state index contributed by atoms with van der Waals surface area (Å²) in [7, 11) is 0. The molecule has 48 heavy (non-hydrogen) atoms. The number of likely N-dealkylation sites (tertiary alicyclic amines) is 1. The summed E-state index contributed by atoms with van der Waals surface area (Å²) in [5, 5.41) is 14.2. The number of hydrogen-bond acceptors (Lipinski definition) is 7. The van der Waals surface area contributed by atoms with Crippen molar-refractivity contribution >= 4 is 29.5 Å². The second-order valence-corrected chi connectivity index (χ2v) is 12.9. The third-order valence-corrected chi connectivity index (χ3v) is 8.47. The Hall–Kier alpha value is -4.45. The number of rotatable bonds is 8. The van der Waals surface area contributed by atoms with Crippen LogP contribution < -0.4 is 31.3 Å². The van der Waals surface area contributed by atoms with Gasteiger partial charge in [-0.3, -0.25) is 24.0 Å². The van der Waals surface area contributed by atoms with Crippen molar-refractivity contribution in [2.75, 3.05) is 39.3 Å². The second kappa shape index (κ2) is 18.8. The minimum Gasteiger partial charge on any atom is -0.493 e. The quantitative estimate of drug-likeness (QED) is 0.289. The van der Waals surface area contributed by atoms with Crippen LogP contribution in [0.2, 0.25) is 0 Å². The van der Waals surface area contributed by atoms with Gasteiger partial charge >= 0.3 is 0 Å². The third-order valence-electron chi connectivity index (χ3n) is 8.47. The van der Waals surface area contributed by atoms with Gasteiger partial charge in [-0.2, -0.15) is 0 Å². The maximum Gasteiger partial charge on any atom is 0.255 e. The van der Waals surface area contributed by atoms with Crippen molar-refractivity contribution in [2.45, 2.75) is 76.9 Å². The molecule has 260 valence electrons. The van der Waals surface area contributed by atoms with Crippen molar-refractivity contribution in [3.8, 4) is 5.75 Å². The van der Waals surface area contributed by atoms with E-state index < -0.39 is 41.8 Å². The first-order valence-corrected chi connectivity index (χ1v) is 17.1. The highest BCUT2D eigenvalue weighted by molar-refractivity contribution is 6.01. The highest BCUT2D eigenvalue weighted by Gasteiger charge is 2.31. The fraction of sp³-hybridized carbons (Fsp3) is 0.528. The Bertz CT molecular complexity index is 1380. The lowest BCUT2D eigenvalue weighted by atomic mass is 10.0. The molecule has 2 aromatic rings. The Morgan fingerprint density at radius 1 is 0.875 bits per heavy atom. The van der Waals surface area contributed by atoms with Crippen molar-refractivity contribution in [1.29, 1.82) is 0 Å². The van der Waals surface area contributed by atoms with Crippen molar-refractivity contribution < 1.29 is 28.7 Å². The molecular weight excluding hydrogens is 612 g/mol. The summed E-state index contributed by atoms with van der Waals surface area (Å²) in [6.45, 7) is 7.33. The van der Waals surface area contributed by atoms with Crippen LogP contribution in [-0.2, 0) is 25.6 Å². The van der Waals surface area contributed by atoms with Crippen LogP contribution in [0, 0.1) is 5.92 Å². The number of nitrogens with one attached hydrogen (secondary N) is 5. The van der Waals surface area contributed by atoms with E-state index in [2.05, 4.69) is 31.5 Å². The number of amides is 5. The van der Waals surface area contributed by atoms with Gasteiger partial charge in [0.15, 0.2) is 0 Å². The van der Waals surface area contributed by atoms with Gasteiger partial charge in [-0.15, -0.1) is 0 Å². The molecule has 4 rings (SSSR count). The van der Waals surface area contributed by atoms with Crippen LogP contribution in [0.1, 0.15) is 68.3 Å². The monoisotopic (exact) mass is 662 g/mol. The Morgan fingerprint density at radius 2 is 1.60 bits per heavy atom. The molecule has 0 spiro atoms. The van der Waals surface area contributed by atoms with Gasteiger partial charge in [0.2, 0.25) is 23.6 Å². The predicted octanol–water partition coefficient (Wildman–Crippen LogP) is 1.93. The minimum absolute atomic E-state index is 0.0328. The van der Waals surface area contributed by atoms with Gasteiger partial charge in [-0.05, 0) is 62.4 Å². The molecule has 2 aliphatic heterocycles. The molecule has 0 unspecified atom stereocenters. The third kappa shape index (κ3) is 11.7. The summed E-state index contributed by atoms with van der Waals surface area (Å²) < 4.78 is 5.91. The van der Waals surface area contributed by atoms with Gasteiger partial charge in [-0.1, -0.05) is 62.7 Å². The SMILES string of the molecule is CC(C)C[C@H]1NC(=O)C[C@@H](C(=O)NCCN2CCCCC2)NC(=O)c2ccccc2OCCCNC(=O)[C@H](Cc2ccccc2)NC1=O. The van der Waals surface area contributed by atoms with Crippen LogP contribution in [0.5, 0.6) is 5.75 Å². The molecule has 5 N–H and O–H groups in total. The van der Waals surface area contributed by atoms with E-state index in [1.54, 1.807) is 24.3 Å². The molecule has 12 heteroatoms. The first-order valence-electron chi connectivity index (χ1n) is 17.1. The molecule has 5 amide bonds. The van der Waals surface area contributed by atoms with E-state index in [1.165, 1.54) is 6.42 Å². The lowest BCUT2D eigenvalue weighted by Gasteiger charge is -2.27. The van der Waals surface area contributed by atoms with Gasteiger partial charge in [0.25, 0.3) is 5.91 Å². The number of ether oxygens (including phenoxy) is 1. The molecule has 0 radical (unpaired) electrons. The Morgan fingerprint density at radius 3 is 2.35 bits per heavy atom. The van der Waals surface area contributed by atoms with Crippen LogP contribution >= 0.6 is 0 Å². The molecule has 2 aromatic carbocycles. The smallest absolute Gasteiger partial charge is 0.255 e. The number of benzene rings is 2. The van der Waals surface area contributed by atoms with Crippen LogP contribution in [0.3, 0.4) is 0 Å². The average Bonchev–Trinajstić information content (AvgIpc) is 3.07. The summed E-state index contributed by atoms with van der Waals surface area (Å²) >= 11 is 0. The summed E-state index contributed by atoms with van der Waals surface area (Å²) in [6.07, 6.45) is 4.07. The first kappa shape index (κ1) is 36.4. The van der Waals surface area contributed by atoms with Crippen molar-refractivity contribution in [1.82, 2.24) is 31.5 Å². The maximum atomic E-state index is 13.7. The molecule has 12 nitrogen and oxygen atoms in total. The van der Waals surface area contributed by atoms with Crippen LogP contribution in [-0.4, -0.2) is 91.9 Å². The number of hydrogen-bond donors (Lipinski definition) is 5. The number of nitrogens with zero attached hydrogens (tertiary/aromatic N) is 1. The van der Waals surface area contributed by atoms with Crippen LogP contribution in [0.25, 0.3) is 0 Å². The highest BCUT2D eigenvalue weighted by Crippen LogP contribution is 2.19. The summed E-state index contributed by atoms with van der Waals surface area (Å²) in [5.41, 5.74) is 1.09. The lowest BCUT2D eigenvalue weighted by molar-refractivity contribution is -0.133. The first-order chi connectivity index (χ1) is 23.2. The zero-order valence-corrected chi connectivity index (χ0v) is 28.1. The molecule has 2 aliphatic rings. The van der Waals surface area contributed by atoms with E-state index in [0.717, 1.165) is 31.5 Å². The normalized spacial score (nSPS) is 22.1. The molecule has 0 aliphatic carbocycles. The minimum atomic E-state index is -1.20. The number of carbonyl (C=O) groups excluding carboxylic acids is 5. The zero-order valence-electron chi connectivity index (χ0n) is 28.1. The molecule has 0 saturated carbocycles. The van der Waals surface area contributed by atoms with Gasteiger partial charge in [0, 0.05) is 26.1 Å². The topological polar surface area (TPSA) is 158 Å². The van der Waals surface area contributed by atoms with Crippen LogP contribution in [0.4, 0.5) is 0 Å². The second-order valence-electron chi connectivity index (χ2n) is 12.9. The number of carbonyl (C=O) groups is 5. The summed E-state index contributed by atoms with van der Waals surface area (Å²) in [5.74, 6) is -2.14. The zero-order chi connectivity index (χ0) is 34.3. The van der Waals surface area contributed by atoms with E-state index in [9.17, 15) is 24.0 Å². The van der Waals surface area contributed by atoms with E-state index in [0.29, 0.717) is 31.7 Å². The average molecular weight is 663 g/mol. The fourth-order valence-corrected chi connectivity index (χ4v) is 5.93. The molecule has 1 saturated heterocycles.